The van der Waals surface area contributed by atoms with Crippen LogP contribution >= 0.6 is 11.6 Å². The van der Waals surface area contributed by atoms with Crippen LogP contribution in [-0.2, 0) is 4.74 Å². The van der Waals surface area contributed by atoms with Crippen molar-refractivity contribution < 1.29 is 14.6 Å². The van der Waals surface area contributed by atoms with Gasteiger partial charge in [-0.3, -0.25) is 0 Å². The molecule has 2 unspecified atom stereocenters. The summed E-state index contributed by atoms with van der Waals surface area (Å²) in [7, 11) is 0. The summed E-state index contributed by atoms with van der Waals surface area (Å²) in [4.78, 5) is 11.0. The zero-order valence-electron chi connectivity index (χ0n) is 8.04. The maximum absolute atomic E-state index is 11.0. The van der Waals surface area contributed by atoms with Gasteiger partial charge in [0.25, 0.3) is 0 Å². The molecule has 0 spiro atoms. The van der Waals surface area contributed by atoms with E-state index in [-0.39, 0.29) is 12.1 Å². The molecule has 0 aliphatic heterocycles. The molecule has 1 rings (SSSR count). The van der Waals surface area contributed by atoms with E-state index >= 15 is 0 Å². The molecule has 1 amide bonds. The van der Waals surface area contributed by atoms with Crippen molar-refractivity contribution in [2.75, 3.05) is 6.07 Å². The van der Waals surface area contributed by atoms with E-state index < -0.39 is 12.2 Å². The van der Waals surface area contributed by atoms with Crippen LogP contribution in [0, 0.1) is 0 Å². The number of halogens is 1. The lowest BCUT2D eigenvalue weighted by molar-refractivity contribution is 0.106. The van der Waals surface area contributed by atoms with Gasteiger partial charge in [-0.05, 0) is 12.8 Å². The lowest BCUT2D eigenvalue weighted by Crippen LogP contribution is -2.42. The average Bonchev–Trinajstić information content (AvgIpc) is 2.33. The third-order valence-corrected chi connectivity index (χ3v) is 2.58. The second-order valence-electron chi connectivity index (χ2n) is 3.50. The molecule has 1 saturated carbocycles. The molecule has 14 heavy (non-hydrogen) atoms. The lowest BCUT2D eigenvalue weighted by atomic mass is 10.1. The monoisotopic (exact) mass is 221 g/mol. The number of rotatable bonds is 2. The molecule has 0 aromatic heterocycles. The van der Waals surface area contributed by atoms with E-state index in [1.165, 1.54) is 0 Å². The van der Waals surface area contributed by atoms with Gasteiger partial charge in [0.15, 0.2) is 6.07 Å². The molecule has 0 radical (unpaired) electrons. The van der Waals surface area contributed by atoms with Crippen LogP contribution in [0.3, 0.4) is 0 Å². The van der Waals surface area contributed by atoms with Crippen molar-refractivity contribution in [2.24, 2.45) is 0 Å². The first-order valence-electron chi connectivity index (χ1n) is 4.91. The highest BCUT2D eigenvalue weighted by atomic mass is 35.5. The summed E-state index contributed by atoms with van der Waals surface area (Å²) in [6.07, 6.45) is 3.70. The summed E-state index contributed by atoms with van der Waals surface area (Å²) < 4.78 is 4.54. The second kappa shape index (κ2) is 6.09. The minimum Gasteiger partial charge on any atom is -0.433 e. The molecular formula is C9H16ClNO3. The molecule has 5 heteroatoms. The molecule has 2 N–H and O–H groups in total. The number of carbonyl (C=O) groups excluding carboxylic acids is 1. The SMILES string of the molecule is O=C(NC1CCCCCC1O)OCCl. The van der Waals surface area contributed by atoms with E-state index in [0.717, 1.165) is 32.1 Å². The highest BCUT2D eigenvalue weighted by Gasteiger charge is 2.23. The van der Waals surface area contributed by atoms with Crippen molar-refractivity contribution in [3.05, 3.63) is 0 Å². The van der Waals surface area contributed by atoms with Crippen molar-refractivity contribution in [3.8, 4) is 0 Å². The Bertz CT molecular complexity index is 189. The Balaban J connectivity index is 2.36. The van der Waals surface area contributed by atoms with Gasteiger partial charge in [-0.15, -0.1) is 0 Å². The first-order valence-corrected chi connectivity index (χ1v) is 5.45. The maximum Gasteiger partial charge on any atom is 0.408 e. The largest absolute Gasteiger partial charge is 0.433 e. The smallest absolute Gasteiger partial charge is 0.408 e. The number of aliphatic hydroxyl groups excluding tert-OH is 1. The lowest BCUT2D eigenvalue weighted by Gasteiger charge is -2.20. The molecule has 1 aliphatic rings. The highest BCUT2D eigenvalue weighted by Crippen LogP contribution is 2.17. The van der Waals surface area contributed by atoms with Crippen LogP contribution in [0.1, 0.15) is 32.1 Å². The predicted octanol–water partition coefficient (Wildman–Crippen LogP) is 1.60. The molecule has 4 nitrogen and oxygen atoms in total. The molecule has 1 fully saturated rings. The Kier molecular flexibility index (Phi) is 5.04. The van der Waals surface area contributed by atoms with Crippen LogP contribution in [0.25, 0.3) is 0 Å². The van der Waals surface area contributed by atoms with Gasteiger partial charge in [0.1, 0.15) is 0 Å². The van der Waals surface area contributed by atoms with Gasteiger partial charge in [0.2, 0.25) is 0 Å². The van der Waals surface area contributed by atoms with Crippen molar-refractivity contribution in [1.82, 2.24) is 5.32 Å². The first-order chi connectivity index (χ1) is 6.74. The fourth-order valence-corrected chi connectivity index (χ4v) is 1.80. The number of aliphatic hydroxyl groups is 1. The van der Waals surface area contributed by atoms with Crippen molar-refractivity contribution in [2.45, 2.75) is 44.2 Å². The third kappa shape index (κ3) is 3.72. The molecule has 0 bridgehead atoms. The quantitative estimate of drug-likeness (QED) is 0.550. The number of ether oxygens (including phenoxy) is 1. The number of nitrogens with one attached hydrogen (secondary N) is 1. The molecular weight excluding hydrogens is 206 g/mol. The van der Waals surface area contributed by atoms with E-state index in [2.05, 4.69) is 10.1 Å². The Hall–Kier alpha value is -0.480. The Morgan fingerprint density at radius 2 is 2.14 bits per heavy atom. The average molecular weight is 222 g/mol. The highest BCUT2D eigenvalue weighted by molar-refractivity contribution is 6.17. The zero-order valence-corrected chi connectivity index (χ0v) is 8.79. The Morgan fingerprint density at radius 1 is 1.43 bits per heavy atom. The summed E-state index contributed by atoms with van der Waals surface area (Å²) in [6.45, 7) is 0. The molecule has 2 atom stereocenters. The molecule has 82 valence electrons. The van der Waals surface area contributed by atoms with Gasteiger partial charge < -0.3 is 15.2 Å². The standard InChI is InChI=1S/C9H16ClNO3/c10-6-14-9(13)11-7-4-2-1-3-5-8(7)12/h7-8,12H,1-6H2,(H,11,13). The van der Waals surface area contributed by atoms with E-state index in [1.54, 1.807) is 0 Å². The second-order valence-corrected chi connectivity index (χ2v) is 3.72. The van der Waals surface area contributed by atoms with Crippen LogP contribution in [0.2, 0.25) is 0 Å². The van der Waals surface area contributed by atoms with Crippen molar-refractivity contribution in [3.63, 3.8) is 0 Å². The summed E-state index contributed by atoms with van der Waals surface area (Å²) in [5.74, 6) is 0. The van der Waals surface area contributed by atoms with Gasteiger partial charge in [-0.2, -0.15) is 0 Å². The topological polar surface area (TPSA) is 58.6 Å². The van der Waals surface area contributed by atoms with E-state index in [0.29, 0.717) is 0 Å². The molecule has 0 heterocycles. The van der Waals surface area contributed by atoms with Gasteiger partial charge in [0.05, 0.1) is 12.1 Å². The van der Waals surface area contributed by atoms with Crippen LogP contribution in [0.15, 0.2) is 0 Å². The fraction of sp³-hybridized carbons (Fsp3) is 0.889. The van der Waals surface area contributed by atoms with Gasteiger partial charge in [0, 0.05) is 0 Å². The van der Waals surface area contributed by atoms with E-state index in [4.69, 9.17) is 11.6 Å². The number of hydrogen-bond donors (Lipinski definition) is 2. The number of amides is 1. The van der Waals surface area contributed by atoms with Crippen LogP contribution in [0.4, 0.5) is 4.79 Å². The summed E-state index contributed by atoms with van der Waals surface area (Å²) in [6, 6.07) is -0.345. The van der Waals surface area contributed by atoms with Crippen molar-refractivity contribution in [1.29, 1.82) is 0 Å². The summed E-state index contributed by atoms with van der Waals surface area (Å²) in [5, 5.41) is 12.3. The molecule has 0 aromatic rings. The predicted molar refractivity (Wildman–Crippen MR) is 53.2 cm³/mol. The zero-order chi connectivity index (χ0) is 10.4. The first kappa shape index (κ1) is 11.6. The van der Waals surface area contributed by atoms with Gasteiger partial charge in [-0.25, -0.2) is 4.79 Å². The molecule has 0 aromatic carbocycles. The number of carbonyl (C=O) groups is 1. The van der Waals surface area contributed by atoms with Crippen LogP contribution < -0.4 is 5.32 Å². The molecule has 0 saturated heterocycles. The summed E-state index contributed by atoms with van der Waals surface area (Å²) in [5.41, 5.74) is 0. The number of alkyl carbamates (subject to hydrolysis) is 1. The van der Waals surface area contributed by atoms with Crippen molar-refractivity contribution >= 4 is 17.7 Å². The minimum atomic E-state index is -0.550. The van der Waals surface area contributed by atoms with Gasteiger partial charge in [-0.1, -0.05) is 30.9 Å². The van der Waals surface area contributed by atoms with Gasteiger partial charge >= 0.3 is 6.09 Å². The Morgan fingerprint density at radius 3 is 2.86 bits per heavy atom. The van der Waals surface area contributed by atoms with E-state index in [9.17, 15) is 9.90 Å². The minimum absolute atomic E-state index is 0.158. The maximum atomic E-state index is 11.0. The van der Waals surface area contributed by atoms with E-state index in [1.807, 2.05) is 0 Å². The number of hydrogen-bond acceptors (Lipinski definition) is 3. The van der Waals surface area contributed by atoms with Crippen LogP contribution in [-0.4, -0.2) is 29.4 Å². The normalized spacial score (nSPS) is 27.9. The Labute approximate surface area is 88.6 Å². The molecule has 1 aliphatic carbocycles. The number of alkyl halides is 1. The third-order valence-electron chi connectivity index (χ3n) is 2.47. The van der Waals surface area contributed by atoms with Crippen LogP contribution in [0.5, 0.6) is 0 Å². The fourth-order valence-electron chi connectivity index (χ4n) is 1.70. The summed E-state index contributed by atoms with van der Waals surface area (Å²) >= 11 is 5.24.